The summed E-state index contributed by atoms with van der Waals surface area (Å²) in [6, 6.07) is 0. The first kappa shape index (κ1) is 15.9. The van der Waals surface area contributed by atoms with Crippen LogP contribution in [-0.4, -0.2) is 24.9 Å². The Kier molecular flexibility index (Phi) is 10.7. The second-order valence-electron chi connectivity index (χ2n) is 4.23. The van der Waals surface area contributed by atoms with E-state index in [4.69, 9.17) is 11.5 Å². The van der Waals surface area contributed by atoms with Crippen LogP contribution in [0, 0.1) is 0 Å². The van der Waals surface area contributed by atoms with Crippen molar-refractivity contribution in [3.8, 4) is 0 Å². The number of hydrogen-bond donors (Lipinski definition) is 3. The number of carbonyl (C=O) groups excluding carboxylic acids is 2. The maximum Gasteiger partial charge on any atom is 0.220 e. The van der Waals surface area contributed by atoms with Crippen LogP contribution < -0.4 is 16.8 Å². The molecule has 0 aliphatic carbocycles. The van der Waals surface area contributed by atoms with E-state index in [2.05, 4.69) is 5.32 Å². The summed E-state index contributed by atoms with van der Waals surface area (Å²) in [7, 11) is 0. The van der Waals surface area contributed by atoms with Crippen molar-refractivity contribution >= 4 is 11.8 Å². The lowest BCUT2D eigenvalue weighted by molar-refractivity contribution is -0.125. The average molecular weight is 243 g/mol. The van der Waals surface area contributed by atoms with Gasteiger partial charge in [-0.15, -0.1) is 0 Å². The molecule has 0 aliphatic rings. The summed E-state index contributed by atoms with van der Waals surface area (Å²) in [6.45, 7) is 1.46. The van der Waals surface area contributed by atoms with Crippen LogP contribution in [0.5, 0.6) is 0 Å². The Morgan fingerprint density at radius 3 is 2.06 bits per heavy atom. The zero-order valence-corrected chi connectivity index (χ0v) is 10.5. The van der Waals surface area contributed by atoms with Crippen LogP contribution in [0.3, 0.4) is 0 Å². The monoisotopic (exact) mass is 243 g/mol. The van der Waals surface area contributed by atoms with Crippen LogP contribution in [0.4, 0.5) is 0 Å². The smallest absolute Gasteiger partial charge is 0.220 e. The fourth-order valence-corrected chi connectivity index (χ4v) is 1.53. The zero-order chi connectivity index (χ0) is 12.9. The fraction of sp³-hybridized carbons (Fsp3) is 0.833. The third-order valence-corrected chi connectivity index (χ3v) is 2.55. The van der Waals surface area contributed by atoms with Crippen LogP contribution in [0.15, 0.2) is 0 Å². The lowest BCUT2D eigenvalue weighted by Gasteiger charge is -2.04. The van der Waals surface area contributed by atoms with Crippen molar-refractivity contribution in [3.05, 3.63) is 0 Å². The second-order valence-corrected chi connectivity index (χ2v) is 4.23. The molecule has 0 unspecified atom stereocenters. The summed E-state index contributed by atoms with van der Waals surface area (Å²) in [5, 5.41) is 2.77. The summed E-state index contributed by atoms with van der Waals surface area (Å²) in [5.74, 6) is -0.521. The highest BCUT2D eigenvalue weighted by Crippen LogP contribution is 2.04. The minimum atomic E-state index is -0.431. The molecule has 0 bridgehead atoms. The highest BCUT2D eigenvalue weighted by molar-refractivity contribution is 5.82. The second kappa shape index (κ2) is 11.4. The van der Waals surface area contributed by atoms with Crippen molar-refractivity contribution in [2.24, 2.45) is 11.5 Å². The Bertz CT molecular complexity index is 220. The predicted octanol–water partition coefficient (Wildman–Crippen LogP) is 0.667. The molecule has 17 heavy (non-hydrogen) atoms. The standard InChI is InChI=1S/C12H25N3O2/c13-9-5-3-1-2-4-6-10-15-12(17)8-7-11(14)16/h1-10,13H2,(H2,14,16)(H,15,17). The quantitative estimate of drug-likeness (QED) is 0.465. The number of unbranched alkanes of at least 4 members (excludes halogenated alkanes) is 5. The predicted molar refractivity (Wildman–Crippen MR) is 68.2 cm³/mol. The van der Waals surface area contributed by atoms with Gasteiger partial charge in [0.2, 0.25) is 11.8 Å². The molecule has 0 aromatic heterocycles. The Labute approximate surface area is 103 Å². The summed E-state index contributed by atoms with van der Waals surface area (Å²) in [5.41, 5.74) is 10.3. The SMILES string of the molecule is NCCCCCCCCNC(=O)CCC(N)=O. The number of carbonyl (C=O) groups is 2. The molecule has 0 aromatic rings. The van der Waals surface area contributed by atoms with Gasteiger partial charge in [0.15, 0.2) is 0 Å². The number of rotatable bonds is 11. The van der Waals surface area contributed by atoms with Gasteiger partial charge in [0, 0.05) is 19.4 Å². The van der Waals surface area contributed by atoms with Crippen LogP contribution in [0.25, 0.3) is 0 Å². The van der Waals surface area contributed by atoms with Crippen LogP contribution >= 0.6 is 0 Å². The highest BCUT2D eigenvalue weighted by atomic mass is 16.2. The molecular weight excluding hydrogens is 218 g/mol. The third kappa shape index (κ3) is 12.8. The minimum absolute atomic E-state index is 0.0908. The Balaban J connectivity index is 3.16. The first-order chi connectivity index (χ1) is 8.16. The summed E-state index contributed by atoms with van der Waals surface area (Å²) in [6.07, 6.45) is 7.15. The molecule has 0 atom stereocenters. The van der Waals surface area contributed by atoms with E-state index in [-0.39, 0.29) is 18.7 Å². The third-order valence-electron chi connectivity index (χ3n) is 2.55. The number of nitrogens with one attached hydrogen (secondary N) is 1. The molecule has 5 nitrogen and oxygen atoms in total. The Morgan fingerprint density at radius 1 is 0.882 bits per heavy atom. The Hall–Kier alpha value is -1.10. The van der Waals surface area contributed by atoms with Crippen molar-refractivity contribution < 1.29 is 9.59 Å². The van der Waals surface area contributed by atoms with Crippen molar-refractivity contribution in [2.75, 3.05) is 13.1 Å². The topological polar surface area (TPSA) is 98.2 Å². The van der Waals surface area contributed by atoms with E-state index in [0.29, 0.717) is 6.54 Å². The van der Waals surface area contributed by atoms with E-state index in [1.807, 2.05) is 0 Å². The molecule has 5 N–H and O–H groups in total. The molecule has 0 rings (SSSR count). The van der Waals surface area contributed by atoms with Crippen LogP contribution in [0.1, 0.15) is 51.4 Å². The van der Waals surface area contributed by atoms with Gasteiger partial charge in [-0.3, -0.25) is 9.59 Å². The molecule has 0 heterocycles. The van der Waals surface area contributed by atoms with Gasteiger partial charge < -0.3 is 16.8 Å². The fourth-order valence-electron chi connectivity index (χ4n) is 1.53. The Morgan fingerprint density at radius 2 is 1.47 bits per heavy atom. The van der Waals surface area contributed by atoms with Gasteiger partial charge in [0.25, 0.3) is 0 Å². The van der Waals surface area contributed by atoms with Gasteiger partial charge in [-0.2, -0.15) is 0 Å². The van der Waals surface area contributed by atoms with Crippen LogP contribution in [-0.2, 0) is 9.59 Å². The lowest BCUT2D eigenvalue weighted by atomic mass is 10.1. The van der Waals surface area contributed by atoms with Gasteiger partial charge in [-0.1, -0.05) is 25.7 Å². The molecule has 0 fully saturated rings. The molecule has 0 saturated heterocycles. The average Bonchev–Trinajstić information content (AvgIpc) is 2.30. The maximum atomic E-state index is 11.2. The van der Waals surface area contributed by atoms with E-state index in [1.54, 1.807) is 0 Å². The van der Waals surface area contributed by atoms with Gasteiger partial charge in [-0.25, -0.2) is 0 Å². The molecular formula is C12H25N3O2. The minimum Gasteiger partial charge on any atom is -0.370 e. The van der Waals surface area contributed by atoms with Crippen molar-refractivity contribution in [3.63, 3.8) is 0 Å². The number of primary amides is 1. The normalized spacial score (nSPS) is 10.2. The number of amides is 2. The van der Waals surface area contributed by atoms with Gasteiger partial charge in [0.05, 0.1) is 0 Å². The molecule has 0 aliphatic heterocycles. The highest BCUT2D eigenvalue weighted by Gasteiger charge is 2.02. The number of nitrogens with two attached hydrogens (primary N) is 2. The van der Waals surface area contributed by atoms with E-state index >= 15 is 0 Å². The maximum absolute atomic E-state index is 11.2. The van der Waals surface area contributed by atoms with Crippen LogP contribution in [0.2, 0.25) is 0 Å². The van der Waals surface area contributed by atoms with Crippen molar-refractivity contribution in [1.29, 1.82) is 0 Å². The summed E-state index contributed by atoms with van der Waals surface area (Å²) < 4.78 is 0. The first-order valence-corrected chi connectivity index (χ1v) is 6.42. The van der Waals surface area contributed by atoms with E-state index < -0.39 is 5.91 Å². The molecule has 0 radical (unpaired) electrons. The molecule has 0 aromatic carbocycles. The molecule has 0 spiro atoms. The van der Waals surface area contributed by atoms with Crippen molar-refractivity contribution in [1.82, 2.24) is 5.32 Å². The summed E-state index contributed by atoms with van der Waals surface area (Å²) in [4.78, 5) is 21.6. The lowest BCUT2D eigenvalue weighted by Crippen LogP contribution is -2.25. The zero-order valence-electron chi connectivity index (χ0n) is 10.5. The first-order valence-electron chi connectivity index (χ1n) is 6.42. The van der Waals surface area contributed by atoms with Gasteiger partial charge >= 0.3 is 0 Å². The van der Waals surface area contributed by atoms with Crippen molar-refractivity contribution in [2.45, 2.75) is 51.4 Å². The molecule has 5 heteroatoms. The van der Waals surface area contributed by atoms with E-state index in [0.717, 1.165) is 25.8 Å². The van der Waals surface area contributed by atoms with E-state index in [9.17, 15) is 9.59 Å². The summed E-state index contributed by atoms with van der Waals surface area (Å²) >= 11 is 0. The van der Waals surface area contributed by atoms with Gasteiger partial charge in [0.1, 0.15) is 0 Å². The molecule has 100 valence electrons. The molecule has 2 amide bonds. The largest absolute Gasteiger partial charge is 0.370 e. The van der Waals surface area contributed by atoms with E-state index in [1.165, 1.54) is 19.3 Å². The number of hydrogen-bond acceptors (Lipinski definition) is 3. The van der Waals surface area contributed by atoms with Gasteiger partial charge in [-0.05, 0) is 19.4 Å². The molecule has 0 saturated carbocycles.